The number of unbranched alkanes of at least 4 members (excludes halogenated alkanes) is 27. The first-order chi connectivity index (χ1) is 27.6. The monoisotopic (exact) mass is 829 g/mol. The Bertz CT molecular complexity index is 967. The molecule has 0 saturated heterocycles. The van der Waals surface area contributed by atoms with Crippen molar-refractivity contribution in [3.63, 3.8) is 0 Å². The first kappa shape index (κ1) is 56.0. The molecule has 0 aromatic rings. The predicted octanol–water partition coefficient (Wildman–Crippen LogP) is 14.4. The summed E-state index contributed by atoms with van der Waals surface area (Å²) in [6.45, 7) is 5.64. The summed E-state index contributed by atoms with van der Waals surface area (Å²) in [6, 6.07) is 0. The Balaban J connectivity index is 4.16. The molecule has 57 heavy (non-hydrogen) atoms. The van der Waals surface area contributed by atoms with Gasteiger partial charge in [0, 0.05) is 13.0 Å². The fourth-order valence-electron chi connectivity index (χ4n) is 6.76. The van der Waals surface area contributed by atoms with Gasteiger partial charge in [0.25, 0.3) is 0 Å². The molecule has 0 aliphatic heterocycles. The third-order valence-corrected chi connectivity index (χ3v) is 11.5. The Morgan fingerprint density at radius 3 is 1.46 bits per heavy atom. The van der Waals surface area contributed by atoms with E-state index in [1.54, 1.807) is 0 Å². The number of ether oxygens (including phenoxy) is 2. The lowest BCUT2D eigenvalue weighted by atomic mass is 10.0. The maximum Gasteiger partial charge on any atom is 0.472 e. The van der Waals surface area contributed by atoms with Crippen LogP contribution in [0.3, 0.4) is 0 Å². The van der Waals surface area contributed by atoms with Crippen molar-refractivity contribution in [2.75, 3.05) is 54.1 Å². The number of quaternary nitrogens is 1. The van der Waals surface area contributed by atoms with Crippen molar-refractivity contribution < 1.29 is 37.3 Å². The van der Waals surface area contributed by atoms with Gasteiger partial charge in [-0.05, 0) is 44.9 Å². The second kappa shape index (κ2) is 41.7. The van der Waals surface area contributed by atoms with E-state index < -0.39 is 13.9 Å². The molecule has 0 rings (SSSR count). The zero-order valence-electron chi connectivity index (χ0n) is 38.3. The average molecular weight is 829 g/mol. The van der Waals surface area contributed by atoms with Gasteiger partial charge in [-0.15, -0.1) is 0 Å². The highest BCUT2D eigenvalue weighted by atomic mass is 31.2. The zero-order valence-corrected chi connectivity index (χ0v) is 39.2. The molecule has 0 fully saturated rings. The molecule has 0 saturated carbocycles. The number of allylic oxidation sites excluding steroid dienone is 4. The van der Waals surface area contributed by atoms with Crippen molar-refractivity contribution in [3.05, 3.63) is 24.3 Å². The highest BCUT2D eigenvalue weighted by molar-refractivity contribution is 7.47. The Morgan fingerprint density at radius 2 is 0.965 bits per heavy atom. The molecule has 0 heterocycles. The molecule has 8 nitrogen and oxygen atoms in total. The summed E-state index contributed by atoms with van der Waals surface area (Å²) in [7, 11) is 1.67. The van der Waals surface area contributed by atoms with Crippen LogP contribution >= 0.6 is 7.82 Å². The third kappa shape index (κ3) is 45.9. The number of hydrogen-bond donors (Lipinski definition) is 1. The Hall–Kier alpha value is -1.02. The summed E-state index contributed by atoms with van der Waals surface area (Å²) in [4.78, 5) is 22.9. The van der Waals surface area contributed by atoms with Crippen LogP contribution in [0.1, 0.15) is 219 Å². The summed E-state index contributed by atoms with van der Waals surface area (Å²) in [5, 5.41) is 0. The fourth-order valence-corrected chi connectivity index (χ4v) is 7.50. The number of carbonyl (C=O) groups excluding carboxylic acids is 1. The van der Waals surface area contributed by atoms with Gasteiger partial charge >= 0.3 is 13.8 Å². The number of carbonyl (C=O) groups is 1. The van der Waals surface area contributed by atoms with Crippen LogP contribution in [0.2, 0.25) is 0 Å². The van der Waals surface area contributed by atoms with E-state index in [1.165, 1.54) is 161 Å². The van der Waals surface area contributed by atoms with Gasteiger partial charge < -0.3 is 18.9 Å². The largest absolute Gasteiger partial charge is 0.472 e. The van der Waals surface area contributed by atoms with E-state index in [1.807, 2.05) is 21.1 Å². The van der Waals surface area contributed by atoms with Gasteiger partial charge in [0.05, 0.1) is 34.4 Å². The third-order valence-electron chi connectivity index (χ3n) is 10.5. The number of esters is 1. The first-order valence-electron chi connectivity index (χ1n) is 24.1. The summed E-state index contributed by atoms with van der Waals surface area (Å²) in [6.07, 6.45) is 47.8. The first-order valence-corrected chi connectivity index (χ1v) is 25.6. The molecule has 0 aliphatic rings. The van der Waals surface area contributed by atoms with Gasteiger partial charge in [-0.1, -0.05) is 192 Å². The number of phosphoric acid groups is 1. The second-order valence-electron chi connectivity index (χ2n) is 17.5. The van der Waals surface area contributed by atoms with Gasteiger partial charge in [-0.3, -0.25) is 13.8 Å². The number of phosphoric ester groups is 1. The van der Waals surface area contributed by atoms with Crippen molar-refractivity contribution in [2.24, 2.45) is 0 Å². The van der Waals surface area contributed by atoms with Gasteiger partial charge in [0.15, 0.2) is 0 Å². The lowest BCUT2D eigenvalue weighted by Gasteiger charge is -2.24. The topological polar surface area (TPSA) is 91.3 Å². The molecule has 0 aromatic heterocycles. The van der Waals surface area contributed by atoms with E-state index in [2.05, 4.69) is 38.2 Å². The van der Waals surface area contributed by atoms with Crippen LogP contribution in [-0.2, 0) is 27.9 Å². The molecule has 0 aromatic carbocycles. The fraction of sp³-hybridized carbons (Fsp3) is 0.896. The van der Waals surface area contributed by atoms with Gasteiger partial charge in [0.2, 0.25) is 0 Å². The van der Waals surface area contributed by atoms with Crippen LogP contribution in [0.4, 0.5) is 0 Å². The molecule has 2 unspecified atom stereocenters. The van der Waals surface area contributed by atoms with Crippen molar-refractivity contribution in [1.82, 2.24) is 0 Å². The van der Waals surface area contributed by atoms with E-state index in [4.69, 9.17) is 18.5 Å². The summed E-state index contributed by atoms with van der Waals surface area (Å²) in [5.41, 5.74) is 0. The minimum Gasteiger partial charge on any atom is -0.457 e. The number of hydrogen-bond acceptors (Lipinski definition) is 6. The molecule has 0 radical (unpaired) electrons. The predicted molar refractivity (Wildman–Crippen MR) is 243 cm³/mol. The molecule has 0 bridgehead atoms. The number of likely N-dealkylation sites (N-methyl/N-ethyl adjacent to an activating group) is 1. The molecule has 1 N–H and O–H groups in total. The smallest absolute Gasteiger partial charge is 0.457 e. The van der Waals surface area contributed by atoms with Crippen LogP contribution in [0, 0.1) is 0 Å². The number of nitrogens with zero attached hydrogens (tertiary/aromatic N) is 1. The molecule has 338 valence electrons. The Kier molecular flexibility index (Phi) is 41.0. The Morgan fingerprint density at radius 1 is 0.544 bits per heavy atom. The van der Waals surface area contributed by atoms with Gasteiger partial charge in [0.1, 0.15) is 19.3 Å². The quantitative estimate of drug-likeness (QED) is 0.0215. The minimum absolute atomic E-state index is 0.0899. The molecule has 0 spiro atoms. The lowest BCUT2D eigenvalue weighted by molar-refractivity contribution is -0.870. The molecule has 0 amide bonds. The molecule has 0 aliphatic carbocycles. The maximum absolute atomic E-state index is 12.7. The van der Waals surface area contributed by atoms with Crippen LogP contribution in [0.25, 0.3) is 0 Å². The summed E-state index contributed by atoms with van der Waals surface area (Å²) in [5.74, 6) is -0.314. The zero-order chi connectivity index (χ0) is 42.0. The minimum atomic E-state index is -4.27. The second-order valence-corrected chi connectivity index (χ2v) is 19.0. The number of rotatable bonds is 45. The van der Waals surface area contributed by atoms with Gasteiger partial charge in [-0.2, -0.15) is 0 Å². The van der Waals surface area contributed by atoms with Crippen LogP contribution in [0.15, 0.2) is 24.3 Å². The Labute approximate surface area is 353 Å². The average Bonchev–Trinajstić information content (AvgIpc) is 3.16. The lowest BCUT2D eigenvalue weighted by Crippen LogP contribution is -2.37. The van der Waals surface area contributed by atoms with E-state index in [0.29, 0.717) is 24.1 Å². The summed E-state index contributed by atoms with van der Waals surface area (Å²) < 4.78 is 35.1. The highest BCUT2D eigenvalue weighted by Gasteiger charge is 2.26. The van der Waals surface area contributed by atoms with Crippen molar-refractivity contribution in [1.29, 1.82) is 0 Å². The van der Waals surface area contributed by atoms with Crippen LogP contribution in [-0.4, -0.2) is 75.6 Å². The standard InChI is InChI=1S/C48H94NO7P/c1-6-8-10-12-14-16-18-20-22-24-25-26-27-29-31-33-35-37-39-41-48(50)56-47(46-55-57(51,52)54-44-42-49(3,4)5)45-53-43-40-38-36-34-32-30-28-23-21-19-17-15-13-11-9-7-2/h14,16,20,22,47H,6-13,15,17-19,21,23-46H2,1-5H3/p+1/b16-14-,22-20-. The van der Waals surface area contributed by atoms with E-state index in [-0.39, 0.29) is 25.8 Å². The van der Waals surface area contributed by atoms with Crippen LogP contribution < -0.4 is 0 Å². The van der Waals surface area contributed by atoms with Gasteiger partial charge in [-0.25, -0.2) is 4.57 Å². The van der Waals surface area contributed by atoms with Crippen molar-refractivity contribution >= 4 is 13.8 Å². The van der Waals surface area contributed by atoms with E-state index >= 15 is 0 Å². The van der Waals surface area contributed by atoms with Crippen LogP contribution in [0.5, 0.6) is 0 Å². The molecular weight excluding hydrogens is 734 g/mol. The van der Waals surface area contributed by atoms with Crippen molar-refractivity contribution in [3.8, 4) is 0 Å². The SMILES string of the molecule is CCCCC/C=C\C/C=C\CCCCCCCCCCCC(=O)OC(COCCCCCCCCCCCCCCCCCC)COP(=O)(O)OCC[N+](C)(C)C. The normalized spacial score (nSPS) is 13.9. The maximum atomic E-state index is 12.7. The molecular formula is C48H95NO7P+. The highest BCUT2D eigenvalue weighted by Crippen LogP contribution is 2.43. The van der Waals surface area contributed by atoms with Crippen molar-refractivity contribution in [2.45, 2.75) is 225 Å². The van der Waals surface area contributed by atoms with E-state index in [9.17, 15) is 14.3 Å². The van der Waals surface area contributed by atoms with E-state index in [0.717, 1.165) is 38.5 Å². The molecule has 2 atom stereocenters. The summed E-state index contributed by atoms with van der Waals surface area (Å²) >= 11 is 0. The molecule has 9 heteroatoms.